The largest absolute Gasteiger partial charge is 0.478 e. The van der Waals surface area contributed by atoms with Gasteiger partial charge < -0.3 is 5.11 Å². The Bertz CT molecular complexity index is 614. The van der Waals surface area contributed by atoms with Crippen LogP contribution in [0.15, 0.2) is 42.0 Å². The third-order valence-electron chi connectivity index (χ3n) is 2.43. The van der Waals surface area contributed by atoms with Crippen LogP contribution in [-0.2, 0) is 4.79 Å². The zero-order valence-electron chi connectivity index (χ0n) is 9.68. The van der Waals surface area contributed by atoms with Gasteiger partial charge in [0.2, 0.25) is 0 Å². The third-order valence-corrected chi connectivity index (χ3v) is 3.75. The molecular weight excluding hydrogens is 268 g/mol. The molecule has 0 saturated heterocycles. The van der Waals surface area contributed by atoms with Gasteiger partial charge in [-0.15, -0.1) is 11.3 Å². The molecule has 0 radical (unpaired) electrons. The van der Waals surface area contributed by atoms with Crippen molar-refractivity contribution in [3.05, 3.63) is 51.9 Å². The molecule has 0 spiro atoms. The van der Waals surface area contributed by atoms with E-state index in [0.29, 0.717) is 10.6 Å². The summed E-state index contributed by atoms with van der Waals surface area (Å²) in [5, 5.41) is 9.52. The lowest BCUT2D eigenvalue weighted by Gasteiger charge is -1.97. The molecule has 0 aliphatic rings. The highest BCUT2D eigenvalue weighted by molar-refractivity contribution is 7.16. The van der Waals surface area contributed by atoms with Gasteiger partial charge in [0.15, 0.2) is 0 Å². The Balaban J connectivity index is 2.31. The summed E-state index contributed by atoms with van der Waals surface area (Å²) >= 11 is 7.48. The molecule has 0 amide bonds. The van der Waals surface area contributed by atoms with Gasteiger partial charge in [-0.3, -0.25) is 0 Å². The number of hydrogen-bond donors (Lipinski definition) is 1. The average molecular weight is 279 g/mol. The van der Waals surface area contributed by atoms with Crippen LogP contribution in [-0.4, -0.2) is 11.1 Å². The number of benzene rings is 1. The molecule has 0 fully saturated rings. The molecule has 1 aromatic carbocycles. The molecule has 0 saturated carbocycles. The Kier molecular flexibility index (Phi) is 3.84. The van der Waals surface area contributed by atoms with Gasteiger partial charge in [-0.25, -0.2) is 4.79 Å². The number of aliphatic carboxylic acids is 1. The fourth-order valence-electron chi connectivity index (χ4n) is 1.50. The van der Waals surface area contributed by atoms with Crippen LogP contribution in [0.3, 0.4) is 0 Å². The molecule has 1 aromatic heterocycles. The Morgan fingerprint density at radius 3 is 2.78 bits per heavy atom. The normalized spacial score (nSPS) is 11.6. The number of carboxylic acids is 1. The fraction of sp³-hybridized carbons (Fsp3) is 0.0714. The molecule has 2 nitrogen and oxygen atoms in total. The van der Waals surface area contributed by atoms with Crippen LogP contribution in [0.2, 0.25) is 5.02 Å². The first-order valence-corrected chi connectivity index (χ1v) is 6.53. The molecule has 18 heavy (non-hydrogen) atoms. The van der Waals surface area contributed by atoms with Crippen molar-refractivity contribution in [2.45, 2.75) is 6.92 Å². The summed E-state index contributed by atoms with van der Waals surface area (Å²) in [6.07, 6.45) is 1.67. The first kappa shape index (κ1) is 12.9. The molecule has 92 valence electrons. The second-order valence-corrected chi connectivity index (χ2v) is 5.40. The van der Waals surface area contributed by atoms with Crippen molar-refractivity contribution in [1.82, 2.24) is 0 Å². The molecule has 1 heterocycles. The monoisotopic (exact) mass is 278 g/mol. The standard InChI is InChI=1S/C14H11ClO2S/c1-9(14(16)17)7-12-5-6-13(18-12)10-3-2-4-11(15)8-10/h2-8H,1H3,(H,16,17). The van der Waals surface area contributed by atoms with E-state index >= 15 is 0 Å². The molecule has 0 aliphatic carbocycles. The molecule has 2 rings (SSSR count). The van der Waals surface area contributed by atoms with Crippen molar-refractivity contribution < 1.29 is 9.90 Å². The number of carboxylic acid groups (broad SMARTS) is 1. The van der Waals surface area contributed by atoms with E-state index in [9.17, 15) is 4.79 Å². The topological polar surface area (TPSA) is 37.3 Å². The Labute approximate surface area is 114 Å². The highest BCUT2D eigenvalue weighted by Gasteiger charge is 2.04. The zero-order valence-corrected chi connectivity index (χ0v) is 11.3. The van der Waals surface area contributed by atoms with Crippen LogP contribution in [0, 0.1) is 0 Å². The van der Waals surface area contributed by atoms with E-state index in [1.165, 1.54) is 0 Å². The highest BCUT2D eigenvalue weighted by Crippen LogP contribution is 2.30. The zero-order chi connectivity index (χ0) is 13.1. The third kappa shape index (κ3) is 3.00. The van der Waals surface area contributed by atoms with Crippen molar-refractivity contribution in [2.75, 3.05) is 0 Å². The first-order chi connectivity index (χ1) is 8.56. The van der Waals surface area contributed by atoms with Crippen LogP contribution in [0.1, 0.15) is 11.8 Å². The minimum atomic E-state index is -0.896. The fourth-order valence-corrected chi connectivity index (χ4v) is 2.70. The SMILES string of the molecule is CC(=Cc1ccc(-c2cccc(Cl)c2)s1)C(=O)O. The van der Waals surface area contributed by atoms with Gasteiger partial charge in [0, 0.05) is 20.4 Å². The summed E-state index contributed by atoms with van der Waals surface area (Å²) in [4.78, 5) is 12.7. The van der Waals surface area contributed by atoms with E-state index in [0.717, 1.165) is 15.3 Å². The first-order valence-electron chi connectivity index (χ1n) is 5.33. The van der Waals surface area contributed by atoms with Crippen molar-refractivity contribution >= 4 is 35.0 Å². The van der Waals surface area contributed by atoms with Gasteiger partial charge in [-0.2, -0.15) is 0 Å². The number of rotatable bonds is 3. The van der Waals surface area contributed by atoms with Crippen LogP contribution in [0.4, 0.5) is 0 Å². The summed E-state index contributed by atoms with van der Waals surface area (Å²) in [5.41, 5.74) is 1.37. The molecule has 2 aromatic rings. The lowest BCUT2D eigenvalue weighted by atomic mass is 10.2. The summed E-state index contributed by atoms with van der Waals surface area (Å²) in [6.45, 7) is 1.58. The molecule has 0 unspecified atom stereocenters. The minimum absolute atomic E-state index is 0.328. The molecular formula is C14H11ClO2S. The quantitative estimate of drug-likeness (QED) is 0.836. The lowest BCUT2D eigenvalue weighted by Crippen LogP contribution is -1.94. The van der Waals surface area contributed by atoms with E-state index in [4.69, 9.17) is 16.7 Å². The van der Waals surface area contributed by atoms with E-state index in [-0.39, 0.29) is 0 Å². The number of thiophene rings is 1. The smallest absolute Gasteiger partial charge is 0.331 e. The van der Waals surface area contributed by atoms with Crippen molar-refractivity contribution in [3.8, 4) is 10.4 Å². The van der Waals surface area contributed by atoms with Gasteiger partial charge in [-0.1, -0.05) is 23.7 Å². The van der Waals surface area contributed by atoms with Gasteiger partial charge >= 0.3 is 5.97 Å². The van der Waals surface area contributed by atoms with Crippen LogP contribution in [0.5, 0.6) is 0 Å². The summed E-state index contributed by atoms with van der Waals surface area (Å²) < 4.78 is 0. The average Bonchev–Trinajstić information content (AvgIpc) is 2.77. The minimum Gasteiger partial charge on any atom is -0.478 e. The predicted octanol–water partition coefficient (Wildman–Crippen LogP) is 4.56. The molecule has 0 bridgehead atoms. The maximum absolute atomic E-state index is 10.7. The molecule has 1 N–H and O–H groups in total. The van der Waals surface area contributed by atoms with E-state index < -0.39 is 5.97 Å². The lowest BCUT2D eigenvalue weighted by molar-refractivity contribution is -0.132. The van der Waals surface area contributed by atoms with Gasteiger partial charge in [-0.05, 0) is 42.8 Å². The second kappa shape index (κ2) is 5.38. The molecule has 0 aliphatic heterocycles. The maximum atomic E-state index is 10.7. The van der Waals surface area contributed by atoms with Crippen LogP contribution < -0.4 is 0 Å². The van der Waals surface area contributed by atoms with E-state index in [1.807, 2.05) is 36.4 Å². The summed E-state index contributed by atoms with van der Waals surface area (Å²) in [5.74, 6) is -0.896. The molecule has 0 atom stereocenters. The predicted molar refractivity (Wildman–Crippen MR) is 76.1 cm³/mol. The van der Waals surface area contributed by atoms with Crippen LogP contribution in [0.25, 0.3) is 16.5 Å². The highest BCUT2D eigenvalue weighted by atomic mass is 35.5. The number of hydrogen-bond acceptors (Lipinski definition) is 2. The van der Waals surface area contributed by atoms with E-state index in [1.54, 1.807) is 24.3 Å². The van der Waals surface area contributed by atoms with Gasteiger partial charge in [0.1, 0.15) is 0 Å². The summed E-state index contributed by atoms with van der Waals surface area (Å²) in [6, 6.07) is 11.5. The van der Waals surface area contributed by atoms with Crippen molar-refractivity contribution in [2.24, 2.45) is 0 Å². The Morgan fingerprint density at radius 1 is 1.33 bits per heavy atom. The maximum Gasteiger partial charge on any atom is 0.331 e. The molecule has 4 heteroatoms. The second-order valence-electron chi connectivity index (χ2n) is 3.84. The Hall–Kier alpha value is -1.58. The number of halogens is 1. The van der Waals surface area contributed by atoms with Crippen molar-refractivity contribution in [3.63, 3.8) is 0 Å². The van der Waals surface area contributed by atoms with Crippen molar-refractivity contribution in [1.29, 1.82) is 0 Å². The summed E-state index contributed by atoms with van der Waals surface area (Å²) in [7, 11) is 0. The van der Waals surface area contributed by atoms with E-state index in [2.05, 4.69) is 0 Å². The number of carbonyl (C=O) groups is 1. The van der Waals surface area contributed by atoms with Gasteiger partial charge in [0.05, 0.1) is 0 Å². The van der Waals surface area contributed by atoms with Gasteiger partial charge in [0.25, 0.3) is 0 Å². The van der Waals surface area contributed by atoms with Crippen LogP contribution >= 0.6 is 22.9 Å². The Morgan fingerprint density at radius 2 is 2.11 bits per heavy atom.